The van der Waals surface area contributed by atoms with Gasteiger partial charge in [0.15, 0.2) is 0 Å². The molecule has 0 unspecified atom stereocenters. The smallest absolute Gasteiger partial charge is 0.0914 e. The fourth-order valence-corrected chi connectivity index (χ4v) is 2.45. The molecule has 0 aliphatic heterocycles. The summed E-state index contributed by atoms with van der Waals surface area (Å²) >= 11 is 5.84. The molecule has 1 heterocycles. The first-order valence-electron chi connectivity index (χ1n) is 7.14. The van der Waals surface area contributed by atoms with Crippen molar-refractivity contribution in [2.45, 2.75) is 32.4 Å². The molecule has 0 fully saturated rings. The first kappa shape index (κ1) is 16.0. The van der Waals surface area contributed by atoms with Crippen molar-refractivity contribution in [3.63, 3.8) is 0 Å². The number of nitrogens with zero attached hydrogens (tertiary/aromatic N) is 2. The van der Waals surface area contributed by atoms with E-state index in [1.807, 2.05) is 30.1 Å². The van der Waals surface area contributed by atoms with E-state index in [1.54, 1.807) is 12.1 Å². The van der Waals surface area contributed by atoms with Crippen LogP contribution in [-0.2, 0) is 13.6 Å². The highest BCUT2D eigenvalue weighted by molar-refractivity contribution is 6.30. The highest BCUT2D eigenvalue weighted by atomic mass is 35.5. The summed E-state index contributed by atoms with van der Waals surface area (Å²) in [5, 5.41) is 18.6. The normalized spacial score (nSPS) is 12.9. The van der Waals surface area contributed by atoms with Crippen LogP contribution in [-0.4, -0.2) is 21.4 Å². The minimum Gasteiger partial charge on any atom is -0.387 e. The highest BCUT2D eigenvalue weighted by Gasteiger charge is 2.12. The second kappa shape index (κ2) is 7.07. The molecule has 2 rings (SSSR count). The summed E-state index contributed by atoms with van der Waals surface area (Å²) in [6.45, 7) is 5.46. The third-order valence-electron chi connectivity index (χ3n) is 3.39. The zero-order valence-electron chi connectivity index (χ0n) is 12.7. The quantitative estimate of drug-likeness (QED) is 0.862. The van der Waals surface area contributed by atoms with E-state index in [2.05, 4.69) is 24.3 Å². The Morgan fingerprint density at radius 1 is 1.29 bits per heavy atom. The van der Waals surface area contributed by atoms with Crippen molar-refractivity contribution in [1.29, 1.82) is 0 Å². The van der Waals surface area contributed by atoms with Crippen LogP contribution in [0.4, 0.5) is 0 Å². The number of benzene rings is 1. The van der Waals surface area contributed by atoms with E-state index in [9.17, 15) is 5.11 Å². The second-order valence-electron chi connectivity index (χ2n) is 5.57. The average Bonchev–Trinajstić information content (AvgIpc) is 2.81. The molecule has 0 spiro atoms. The molecule has 0 aliphatic carbocycles. The van der Waals surface area contributed by atoms with E-state index in [0.717, 1.165) is 11.3 Å². The van der Waals surface area contributed by atoms with Gasteiger partial charge in [0.2, 0.25) is 0 Å². The Hall–Kier alpha value is -1.36. The van der Waals surface area contributed by atoms with Crippen LogP contribution in [0.1, 0.15) is 42.7 Å². The molecular formula is C16H22ClN3O. The lowest BCUT2D eigenvalue weighted by Gasteiger charge is -2.13. The number of hydrogen-bond donors (Lipinski definition) is 2. The van der Waals surface area contributed by atoms with E-state index in [0.29, 0.717) is 24.0 Å². The number of nitrogens with one attached hydrogen (secondary N) is 1. The molecule has 0 radical (unpaired) electrons. The maximum Gasteiger partial charge on any atom is 0.0914 e. The first-order chi connectivity index (χ1) is 9.97. The van der Waals surface area contributed by atoms with Gasteiger partial charge in [-0.15, -0.1) is 0 Å². The van der Waals surface area contributed by atoms with Gasteiger partial charge in [-0.2, -0.15) is 5.10 Å². The minimum absolute atomic E-state index is 0.393. The molecule has 0 aliphatic rings. The van der Waals surface area contributed by atoms with Gasteiger partial charge in [-0.25, -0.2) is 0 Å². The lowest BCUT2D eigenvalue weighted by Crippen LogP contribution is -2.21. The van der Waals surface area contributed by atoms with E-state index >= 15 is 0 Å². The van der Waals surface area contributed by atoms with Crippen molar-refractivity contribution in [1.82, 2.24) is 15.1 Å². The monoisotopic (exact) mass is 307 g/mol. The molecule has 0 saturated heterocycles. The van der Waals surface area contributed by atoms with Crippen LogP contribution in [0.5, 0.6) is 0 Å². The summed E-state index contributed by atoms with van der Waals surface area (Å²) in [7, 11) is 1.93. The van der Waals surface area contributed by atoms with Crippen LogP contribution < -0.4 is 5.32 Å². The molecule has 1 atom stereocenters. The van der Waals surface area contributed by atoms with Gasteiger partial charge in [0.25, 0.3) is 0 Å². The summed E-state index contributed by atoms with van der Waals surface area (Å²) < 4.78 is 1.84. The van der Waals surface area contributed by atoms with Crippen molar-refractivity contribution in [2.75, 3.05) is 6.54 Å². The van der Waals surface area contributed by atoms with E-state index in [4.69, 9.17) is 11.6 Å². The number of rotatable bonds is 6. The zero-order valence-corrected chi connectivity index (χ0v) is 13.4. The molecule has 2 aromatic rings. The lowest BCUT2D eigenvalue weighted by atomic mass is 10.1. The third-order valence-corrected chi connectivity index (χ3v) is 3.64. The molecule has 1 aromatic carbocycles. The van der Waals surface area contributed by atoms with Gasteiger partial charge in [0.05, 0.1) is 11.8 Å². The predicted molar refractivity (Wildman–Crippen MR) is 85.4 cm³/mol. The maximum atomic E-state index is 10.1. The number of hydrogen-bond acceptors (Lipinski definition) is 3. The summed E-state index contributed by atoms with van der Waals surface area (Å²) in [4.78, 5) is 0. The number of aliphatic hydroxyl groups excluding tert-OH is 1. The molecule has 5 heteroatoms. The summed E-state index contributed by atoms with van der Waals surface area (Å²) in [6.07, 6.45) is 1.48. The van der Waals surface area contributed by atoms with Crippen LogP contribution in [0, 0.1) is 0 Å². The standard InChI is InChI=1S/C16H22ClN3O/c1-11(2)16-13(10-20(3)19-16)8-18-9-15(21)12-4-6-14(17)7-5-12/h4-7,10-11,15,18,21H,8-9H2,1-3H3/t15-/m0/s1. The van der Waals surface area contributed by atoms with Crippen LogP contribution >= 0.6 is 11.6 Å². The maximum absolute atomic E-state index is 10.1. The molecular weight excluding hydrogens is 286 g/mol. The largest absolute Gasteiger partial charge is 0.387 e. The number of aryl methyl sites for hydroxylation is 1. The van der Waals surface area contributed by atoms with Gasteiger partial charge in [-0.1, -0.05) is 37.6 Å². The van der Waals surface area contributed by atoms with Crippen molar-refractivity contribution in [3.8, 4) is 0 Å². The molecule has 21 heavy (non-hydrogen) atoms. The number of aromatic nitrogens is 2. The Labute approximate surface area is 130 Å². The van der Waals surface area contributed by atoms with Crippen molar-refractivity contribution in [2.24, 2.45) is 7.05 Å². The minimum atomic E-state index is -0.540. The number of aliphatic hydroxyl groups is 1. The first-order valence-corrected chi connectivity index (χ1v) is 7.52. The molecule has 1 aromatic heterocycles. The van der Waals surface area contributed by atoms with Crippen molar-refractivity contribution < 1.29 is 5.11 Å². The molecule has 2 N–H and O–H groups in total. The molecule has 0 saturated carbocycles. The van der Waals surface area contributed by atoms with Gasteiger partial charge in [-0.05, 0) is 23.6 Å². The fraction of sp³-hybridized carbons (Fsp3) is 0.438. The Bertz CT molecular complexity index is 578. The van der Waals surface area contributed by atoms with Crippen LogP contribution in [0.3, 0.4) is 0 Å². The van der Waals surface area contributed by atoms with Crippen molar-refractivity contribution >= 4 is 11.6 Å². The Balaban J connectivity index is 1.91. The van der Waals surface area contributed by atoms with Gasteiger partial charge in [-0.3, -0.25) is 4.68 Å². The van der Waals surface area contributed by atoms with E-state index in [-0.39, 0.29) is 0 Å². The fourth-order valence-electron chi connectivity index (χ4n) is 2.32. The van der Waals surface area contributed by atoms with Crippen LogP contribution in [0.15, 0.2) is 30.5 Å². The molecule has 0 bridgehead atoms. The van der Waals surface area contributed by atoms with Crippen molar-refractivity contribution in [3.05, 3.63) is 52.3 Å². The highest BCUT2D eigenvalue weighted by Crippen LogP contribution is 2.18. The summed E-state index contributed by atoms with van der Waals surface area (Å²) in [6, 6.07) is 7.27. The third kappa shape index (κ3) is 4.30. The topological polar surface area (TPSA) is 50.1 Å². The van der Waals surface area contributed by atoms with E-state index in [1.165, 1.54) is 5.56 Å². The van der Waals surface area contributed by atoms with Gasteiger partial charge in [0, 0.05) is 36.9 Å². The van der Waals surface area contributed by atoms with Crippen LogP contribution in [0.2, 0.25) is 5.02 Å². The SMILES string of the molecule is CC(C)c1nn(C)cc1CNC[C@H](O)c1ccc(Cl)cc1. The second-order valence-corrected chi connectivity index (χ2v) is 6.00. The molecule has 114 valence electrons. The molecule has 0 amide bonds. The van der Waals surface area contributed by atoms with Gasteiger partial charge < -0.3 is 10.4 Å². The van der Waals surface area contributed by atoms with E-state index < -0.39 is 6.10 Å². The lowest BCUT2D eigenvalue weighted by molar-refractivity contribution is 0.174. The Morgan fingerprint density at radius 2 is 1.95 bits per heavy atom. The molecule has 4 nitrogen and oxygen atoms in total. The zero-order chi connectivity index (χ0) is 15.4. The van der Waals surface area contributed by atoms with Gasteiger partial charge >= 0.3 is 0 Å². The van der Waals surface area contributed by atoms with Crippen LogP contribution in [0.25, 0.3) is 0 Å². The predicted octanol–water partition coefficient (Wildman–Crippen LogP) is 3.02. The Morgan fingerprint density at radius 3 is 2.57 bits per heavy atom. The summed E-state index contributed by atoms with van der Waals surface area (Å²) in [5.41, 5.74) is 3.14. The van der Waals surface area contributed by atoms with Gasteiger partial charge in [0.1, 0.15) is 0 Å². The number of halogens is 1. The average molecular weight is 308 g/mol. The summed E-state index contributed by atoms with van der Waals surface area (Å²) in [5.74, 6) is 0.393. The Kier molecular flexibility index (Phi) is 5.39.